The van der Waals surface area contributed by atoms with E-state index in [0.717, 1.165) is 48.5 Å². The standard InChI is InChI=1S/C22H23FN4O.4C2H6/c1-28-20-7-5-17(6-8-20)27-14-19-4-3-18(27)10-11-26(19)22-24-13-15-12-16(23)2-9-21(15)25-22;4*1-2/h2,5-9,12-13,18-19H,3-4,10-11,14H2,1H3;4*1-2H3/t18-,19-;;;;/m0..../s1. The molecule has 4 heterocycles. The van der Waals surface area contributed by atoms with Crippen molar-refractivity contribution in [1.82, 2.24) is 9.97 Å². The van der Waals surface area contributed by atoms with Crippen LogP contribution in [0.3, 0.4) is 0 Å². The zero-order valence-corrected chi connectivity index (χ0v) is 23.9. The molecule has 0 spiro atoms. The van der Waals surface area contributed by atoms with Crippen LogP contribution >= 0.6 is 0 Å². The molecule has 3 aliphatic heterocycles. The number of benzene rings is 2. The minimum absolute atomic E-state index is 0.257. The Kier molecular flexibility index (Phi) is 14.5. The largest absolute Gasteiger partial charge is 0.497 e. The molecular formula is C30H47FN4O. The molecule has 2 bridgehead atoms. The first kappa shape index (κ1) is 31.1. The van der Waals surface area contributed by atoms with Crippen LogP contribution in [-0.4, -0.2) is 42.3 Å². The van der Waals surface area contributed by atoms with Gasteiger partial charge in [0.2, 0.25) is 5.95 Å². The van der Waals surface area contributed by atoms with Gasteiger partial charge in [-0.25, -0.2) is 14.4 Å². The van der Waals surface area contributed by atoms with E-state index in [-0.39, 0.29) is 5.82 Å². The molecule has 3 fully saturated rings. The van der Waals surface area contributed by atoms with Gasteiger partial charge in [-0.3, -0.25) is 0 Å². The van der Waals surface area contributed by atoms with Gasteiger partial charge in [-0.1, -0.05) is 55.4 Å². The first-order chi connectivity index (χ1) is 17.7. The van der Waals surface area contributed by atoms with Crippen molar-refractivity contribution in [1.29, 1.82) is 0 Å². The van der Waals surface area contributed by atoms with Crippen LogP contribution in [0.15, 0.2) is 48.7 Å². The van der Waals surface area contributed by atoms with Gasteiger partial charge in [0, 0.05) is 42.4 Å². The zero-order chi connectivity index (χ0) is 27.1. The Morgan fingerprint density at radius 3 is 2.08 bits per heavy atom. The summed E-state index contributed by atoms with van der Waals surface area (Å²) in [5.41, 5.74) is 2.03. The van der Waals surface area contributed by atoms with Crippen LogP contribution in [0.1, 0.15) is 74.7 Å². The van der Waals surface area contributed by atoms with Crippen molar-refractivity contribution in [2.24, 2.45) is 0 Å². The van der Waals surface area contributed by atoms with E-state index < -0.39 is 0 Å². The van der Waals surface area contributed by atoms with Crippen molar-refractivity contribution in [2.75, 3.05) is 30.0 Å². The van der Waals surface area contributed by atoms with Crippen LogP contribution in [0.25, 0.3) is 10.9 Å². The molecule has 0 saturated carbocycles. The van der Waals surface area contributed by atoms with Gasteiger partial charge in [0.05, 0.1) is 12.6 Å². The minimum Gasteiger partial charge on any atom is -0.497 e. The maximum Gasteiger partial charge on any atom is 0.226 e. The van der Waals surface area contributed by atoms with Gasteiger partial charge in [0.1, 0.15) is 11.6 Å². The van der Waals surface area contributed by atoms with Crippen LogP contribution in [0.4, 0.5) is 16.0 Å². The lowest BCUT2D eigenvalue weighted by atomic mass is 9.98. The summed E-state index contributed by atoms with van der Waals surface area (Å²) in [7, 11) is 1.69. The number of hydrogen-bond acceptors (Lipinski definition) is 5. The van der Waals surface area contributed by atoms with Crippen LogP contribution in [0.2, 0.25) is 0 Å². The van der Waals surface area contributed by atoms with Crippen molar-refractivity contribution in [3.05, 3.63) is 54.5 Å². The molecule has 2 aromatic carbocycles. The van der Waals surface area contributed by atoms with E-state index in [1.165, 1.54) is 24.2 Å². The summed E-state index contributed by atoms with van der Waals surface area (Å²) in [6, 6.07) is 13.9. The molecule has 6 heteroatoms. The number of aromatic nitrogens is 2. The average Bonchev–Trinajstić information content (AvgIpc) is 3.29. The highest BCUT2D eigenvalue weighted by Crippen LogP contribution is 2.34. The molecule has 2 atom stereocenters. The van der Waals surface area contributed by atoms with E-state index in [1.54, 1.807) is 19.4 Å². The monoisotopic (exact) mass is 498 g/mol. The molecule has 0 N–H and O–H groups in total. The summed E-state index contributed by atoms with van der Waals surface area (Å²) < 4.78 is 18.7. The lowest BCUT2D eigenvalue weighted by Gasteiger charge is -2.40. The summed E-state index contributed by atoms with van der Waals surface area (Å²) in [4.78, 5) is 14.2. The lowest BCUT2D eigenvalue weighted by molar-refractivity contribution is 0.414. The summed E-state index contributed by atoms with van der Waals surface area (Å²) in [5.74, 6) is 1.38. The number of piperidine rings is 1. The normalized spacial score (nSPS) is 17.6. The summed E-state index contributed by atoms with van der Waals surface area (Å²) in [5, 5.41) is 0.739. The Hall–Kier alpha value is -2.89. The van der Waals surface area contributed by atoms with Crippen LogP contribution in [0.5, 0.6) is 5.75 Å². The van der Waals surface area contributed by atoms with Gasteiger partial charge in [-0.15, -0.1) is 0 Å². The highest BCUT2D eigenvalue weighted by Gasteiger charge is 2.36. The number of nitrogens with zero attached hydrogens (tertiary/aromatic N) is 4. The molecule has 0 aliphatic carbocycles. The van der Waals surface area contributed by atoms with Gasteiger partial charge in [0.25, 0.3) is 0 Å². The average molecular weight is 499 g/mol. The van der Waals surface area contributed by atoms with Crippen molar-refractivity contribution in [3.63, 3.8) is 0 Å². The number of fused-ring (bicyclic) bond motifs is 5. The van der Waals surface area contributed by atoms with Crippen LogP contribution in [-0.2, 0) is 0 Å². The molecule has 3 saturated heterocycles. The summed E-state index contributed by atoms with van der Waals surface area (Å²) >= 11 is 0. The van der Waals surface area contributed by atoms with Crippen molar-refractivity contribution in [2.45, 2.75) is 86.7 Å². The van der Waals surface area contributed by atoms with Crippen LogP contribution in [0, 0.1) is 5.82 Å². The van der Waals surface area contributed by atoms with E-state index in [9.17, 15) is 4.39 Å². The molecule has 36 heavy (non-hydrogen) atoms. The van der Waals surface area contributed by atoms with E-state index in [2.05, 4.69) is 26.9 Å². The molecule has 0 radical (unpaired) electrons. The van der Waals surface area contributed by atoms with Gasteiger partial charge in [-0.05, 0) is 61.7 Å². The molecule has 200 valence electrons. The second-order valence-electron chi connectivity index (χ2n) is 7.59. The molecule has 5 nitrogen and oxygen atoms in total. The quantitative estimate of drug-likeness (QED) is 0.365. The predicted molar refractivity (Wildman–Crippen MR) is 154 cm³/mol. The number of methoxy groups -OCH3 is 1. The van der Waals surface area contributed by atoms with Gasteiger partial charge in [-0.2, -0.15) is 0 Å². The van der Waals surface area contributed by atoms with E-state index in [0.29, 0.717) is 12.1 Å². The molecule has 6 rings (SSSR count). The van der Waals surface area contributed by atoms with Crippen molar-refractivity contribution >= 4 is 22.5 Å². The van der Waals surface area contributed by atoms with E-state index in [4.69, 9.17) is 9.72 Å². The third kappa shape index (κ3) is 7.55. The highest BCUT2D eigenvalue weighted by atomic mass is 19.1. The third-order valence-corrected chi connectivity index (χ3v) is 6.02. The van der Waals surface area contributed by atoms with E-state index >= 15 is 0 Å². The Morgan fingerprint density at radius 2 is 1.44 bits per heavy atom. The molecule has 3 aromatic rings. The first-order valence-corrected chi connectivity index (χ1v) is 13.8. The molecule has 3 aliphatic rings. The fourth-order valence-electron chi connectivity index (χ4n) is 4.52. The molecule has 0 unspecified atom stereocenters. The third-order valence-electron chi connectivity index (χ3n) is 6.02. The number of rotatable bonds is 3. The second-order valence-corrected chi connectivity index (χ2v) is 7.59. The highest BCUT2D eigenvalue weighted by molar-refractivity contribution is 5.78. The second kappa shape index (κ2) is 16.7. The smallest absolute Gasteiger partial charge is 0.226 e. The SMILES string of the molecule is CC.CC.CC.CC.COc1ccc(N2C[C@@H]3CC[C@H]2CCN3c2ncc3cc(F)ccc3n2)cc1. The number of ether oxygens (including phenoxy) is 1. The Balaban J connectivity index is 0.000000741. The molecule has 1 aromatic heterocycles. The van der Waals surface area contributed by atoms with Gasteiger partial charge < -0.3 is 14.5 Å². The van der Waals surface area contributed by atoms with Crippen molar-refractivity contribution < 1.29 is 9.13 Å². The number of anilines is 2. The van der Waals surface area contributed by atoms with Gasteiger partial charge in [0.15, 0.2) is 0 Å². The Bertz CT molecular complexity index is 996. The lowest BCUT2D eigenvalue weighted by Crippen LogP contribution is -2.48. The number of halogens is 1. The first-order valence-electron chi connectivity index (χ1n) is 13.8. The van der Waals surface area contributed by atoms with Crippen LogP contribution < -0.4 is 14.5 Å². The van der Waals surface area contributed by atoms with Crippen molar-refractivity contribution in [3.8, 4) is 5.75 Å². The fraction of sp³-hybridized carbons (Fsp3) is 0.533. The topological polar surface area (TPSA) is 41.5 Å². The van der Waals surface area contributed by atoms with Gasteiger partial charge >= 0.3 is 0 Å². The number of hydrogen-bond donors (Lipinski definition) is 0. The van der Waals surface area contributed by atoms with E-state index in [1.807, 2.05) is 67.5 Å². The maximum atomic E-state index is 13.4. The fourth-order valence-corrected chi connectivity index (χ4v) is 4.52. The summed E-state index contributed by atoms with van der Waals surface area (Å²) in [6.07, 6.45) is 5.13. The Morgan fingerprint density at radius 1 is 0.806 bits per heavy atom. The summed E-state index contributed by atoms with van der Waals surface area (Å²) in [6.45, 7) is 17.9. The molecular weight excluding hydrogens is 451 g/mol. The Labute approximate surface area is 218 Å². The minimum atomic E-state index is -0.257. The zero-order valence-electron chi connectivity index (χ0n) is 23.9. The maximum absolute atomic E-state index is 13.4. The predicted octanol–water partition coefficient (Wildman–Crippen LogP) is 8.13. The molecule has 0 amide bonds.